The first-order chi connectivity index (χ1) is 11.1. The quantitative estimate of drug-likeness (QED) is 0.899. The molecule has 0 aromatic heterocycles. The lowest BCUT2D eigenvalue weighted by atomic mass is 10.1. The van der Waals surface area contributed by atoms with Gasteiger partial charge in [-0.1, -0.05) is 6.07 Å². The number of hydrogen-bond donors (Lipinski definition) is 1. The van der Waals surface area contributed by atoms with Crippen LogP contribution in [-0.2, 0) is 14.6 Å². The predicted octanol–water partition coefficient (Wildman–Crippen LogP) is 3.47. The first-order valence-electron chi connectivity index (χ1n) is 7.51. The molecule has 0 radical (unpaired) electrons. The fourth-order valence-electron chi connectivity index (χ4n) is 2.17. The van der Waals surface area contributed by atoms with Crippen LogP contribution < -0.4 is 10.1 Å². The third-order valence-electron chi connectivity index (χ3n) is 3.56. The van der Waals surface area contributed by atoms with Gasteiger partial charge in [0, 0.05) is 11.9 Å². The van der Waals surface area contributed by atoms with E-state index in [1.165, 1.54) is 6.92 Å². The average Bonchev–Trinajstić information content (AvgIpc) is 2.46. The lowest BCUT2D eigenvalue weighted by molar-refractivity contribution is -0.115. The highest BCUT2D eigenvalue weighted by Crippen LogP contribution is 2.25. The summed E-state index contributed by atoms with van der Waals surface area (Å²) in [6.45, 7) is 5.37. The molecule has 0 aliphatic heterocycles. The molecule has 0 aliphatic rings. The van der Waals surface area contributed by atoms with Crippen LogP contribution in [0.2, 0.25) is 0 Å². The summed E-state index contributed by atoms with van der Waals surface area (Å²) >= 11 is 0. The summed E-state index contributed by atoms with van der Waals surface area (Å²) in [6, 6.07) is 12.7. The third kappa shape index (κ3) is 4.83. The van der Waals surface area contributed by atoms with Gasteiger partial charge in [0.1, 0.15) is 16.7 Å². The second kappa shape index (κ2) is 7.05. The molecule has 0 aliphatic carbocycles. The molecule has 0 fully saturated rings. The lowest BCUT2D eigenvalue weighted by Crippen LogP contribution is -2.31. The van der Waals surface area contributed by atoms with Gasteiger partial charge in [-0.2, -0.15) is 0 Å². The summed E-state index contributed by atoms with van der Waals surface area (Å²) < 4.78 is 28.6. The SMILES string of the molecule is Cc1cc(C)cc(Oc2ccc(NC(=O)C(C)S(C)(=O)=O)cc2)c1. The zero-order chi connectivity index (χ0) is 17.9. The summed E-state index contributed by atoms with van der Waals surface area (Å²) in [6.07, 6.45) is 1.04. The largest absolute Gasteiger partial charge is 0.457 e. The summed E-state index contributed by atoms with van der Waals surface area (Å²) in [5.41, 5.74) is 2.75. The van der Waals surface area contributed by atoms with Crippen molar-refractivity contribution in [2.75, 3.05) is 11.6 Å². The molecule has 0 heterocycles. The standard InChI is InChI=1S/C18H21NO4S/c1-12-9-13(2)11-17(10-12)23-16-7-5-15(6-8-16)19-18(20)14(3)24(4,21)22/h5-11,14H,1-4H3,(H,19,20). The van der Waals surface area contributed by atoms with Gasteiger partial charge in [0.2, 0.25) is 5.91 Å². The molecule has 1 unspecified atom stereocenters. The van der Waals surface area contributed by atoms with Crippen LogP contribution in [0.4, 0.5) is 5.69 Å². The normalized spacial score (nSPS) is 12.5. The Morgan fingerprint density at radius 1 is 1.00 bits per heavy atom. The molecule has 24 heavy (non-hydrogen) atoms. The van der Waals surface area contributed by atoms with Crippen LogP contribution in [0.15, 0.2) is 42.5 Å². The minimum absolute atomic E-state index is 0.517. The Labute approximate surface area is 142 Å². The number of benzene rings is 2. The molecule has 1 atom stereocenters. The molecule has 6 heteroatoms. The van der Waals surface area contributed by atoms with Crippen LogP contribution in [0, 0.1) is 13.8 Å². The van der Waals surface area contributed by atoms with Gasteiger partial charge >= 0.3 is 0 Å². The Hall–Kier alpha value is -2.34. The first kappa shape index (κ1) is 18.0. The van der Waals surface area contributed by atoms with Gasteiger partial charge in [0.05, 0.1) is 0 Å². The van der Waals surface area contributed by atoms with Gasteiger partial charge in [0.25, 0.3) is 0 Å². The number of ether oxygens (including phenoxy) is 1. The molecule has 1 N–H and O–H groups in total. The molecular weight excluding hydrogens is 326 g/mol. The third-order valence-corrected chi connectivity index (χ3v) is 5.06. The van der Waals surface area contributed by atoms with Crippen LogP contribution in [0.3, 0.4) is 0 Å². The Balaban J connectivity index is 2.06. The fraction of sp³-hybridized carbons (Fsp3) is 0.278. The van der Waals surface area contributed by atoms with Gasteiger partial charge < -0.3 is 10.1 Å². The van der Waals surface area contributed by atoms with E-state index in [4.69, 9.17) is 4.74 Å². The maximum Gasteiger partial charge on any atom is 0.242 e. The molecule has 0 spiro atoms. The summed E-state index contributed by atoms with van der Waals surface area (Å²) in [7, 11) is -3.42. The molecule has 2 aromatic carbocycles. The van der Waals surface area contributed by atoms with Crippen molar-refractivity contribution >= 4 is 21.4 Å². The minimum atomic E-state index is -3.42. The van der Waals surface area contributed by atoms with Crippen molar-refractivity contribution in [3.63, 3.8) is 0 Å². The van der Waals surface area contributed by atoms with Crippen LogP contribution in [0.25, 0.3) is 0 Å². The number of nitrogens with one attached hydrogen (secondary N) is 1. The highest BCUT2D eigenvalue weighted by molar-refractivity contribution is 7.92. The number of amides is 1. The van der Waals surface area contributed by atoms with Crippen molar-refractivity contribution in [1.29, 1.82) is 0 Å². The van der Waals surface area contributed by atoms with Crippen LogP contribution >= 0.6 is 0 Å². The van der Waals surface area contributed by atoms with Gasteiger partial charge in [0.15, 0.2) is 9.84 Å². The number of rotatable bonds is 5. The Morgan fingerprint density at radius 2 is 1.54 bits per heavy atom. The van der Waals surface area contributed by atoms with Crippen LogP contribution in [-0.4, -0.2) is 25.8 Å². The zero-order valence-corrected chi connectivity index (χ0v) is 15.0. The second-order valence-electron chi connectivity index (χ2n) is 5.91. The van der Waals surface area contributed by atoms with Crippen LogP contribution in [0.5, 0.6) is 11.5 Å². The van der Waals surface area contributed by atoms with Crippen molar-refractivity contribution < 1.29 is 17.9 Å². The van der Waals surface area contributed by atoms with Crippen LogP contribution in [0.1, 0.15) is 18.1 Å². The smallest absolute Gasteiger partial charge is 0.242 e. The number of carbonyl (C=O) groups is 1. The number of hydrogen-bond acceptors (Lipinski definition) is 4. The molecule has 1 amide bonds. The second-order valence-corrected chi connectivity index (χ2v) is 8.28. The number of carbonyl (C=O) groups excluding carboxylic acids is 1. The summed E-state index contributed by atoms with van der Waals surface area (Å²) in [5.74, 6) is 0.824. The van der Waals surface area contributed by atoms with Gasteiger partial charge in [-0.05, 0) is 68.3 Å². The Morgan fingerprint density at radius 3 is 2.04 bits per heavy atom. The monoisotopic (exact) mass is 347 g/mol. The average molecular weight is 347 g/mol. The zero-order valence-electron chi connectivity index (χ0n) is 14.2. The van der Waals surface area contributed by atoms with Crippen molar-refractivity contribution in [1.82, 2.24) is 0 Å². The predicted molar refractivity (Wildman–Crippen MR) is 95.4 cm³/mol. The van der Waals surface area contributed by atoms with E-state index in [0.29, 0.717) is 11.4 Å². The van der Waals surface area contributed by atoms with E-state index in [2.05, 4.69) is 11.4 Å². The molecule has 128 valence electrons. The van der Waals surface area contributed by atoms with E-state index < -0.39 is 21.0 Å². The van der Waals surface area contributed by atoms with Crippen molar-refractivity contribution in [3.05, 3.63) is 53.6 Å². The summed E-state index contributed by atoms with van der Waals surface area (Å²) in [4.78, 5) is 11.9. The molecule has 0 bridgehead atoms. The number of sulfone groups is 1. The highest BCUT2D eigenvalue weighted by atomic mass is 32.2. The molecule has 0 saturated carbocycles. The molecular formula is C18H21NO4S. The fourth-order valence-corrected chi connectivity index (χ4v) is 2.62. The molecule has 2 aromatic rings. The van der Waals surface area contributed by atoms with E-state index >= 15 is 0 Å². The highest BCUT2D eigenvalue weighted by Gasteiger charge is 2.23. The maximum atomic E-state index is 11.9. The summed E-state index contributed by atoms with van der Waals surface area (Å²) in [5, 5.41) is 1.49. The molecule has 0 saturated heterocycles. The van der Waals surface area contributed by atoms with Gasteiger partial charge in [-0.3, -0.25) is 4.79 Å². The molecule has 5 nitrogen and oxygen atoms in total. The van der Waals surface area contributed by atoms with E-state index in [9.17, 15) is 13.2 Å². The Bertz CT molecular complexity index is 822. The van der Waals surface area contributed by atoms with Crippen molar-refractivity contribution in [2.45, 2.75) is 26.0 Å². The topological polar surface area (TPSA) is 72.5 Å². The van der Waals surface area contributed by atoms with E-state index in [-0.39, 0.29) is 0 Å². The first-order valence-corrected chi connectivity index (χ1v) is 9.46. The van der Waals surface area contributed by atoms with Gasteiger partial charge in [-0.15, -0.1) is 0 Å². The number of anilines is 1. The lowest BCUT2D eigenvalue weighted by Gasteiger charge is -2.11. The van der Waals surface area contributed by atoms with Crippen molar-refractivity contribution in [3.8, 4) is 11.5 Å². The Kier molecular flexibility index (Phi) is 5.29. The van der Waals surface area contributed by atoms with Gasteiger partial charge in [-0.25, -0.2) is 8.42 Å². The van der Waals surface area contributed by atoms with E-state index in [0.717, 1.165) is 23.1 Å². The maximum absolute atomic E-state index is 11.9. The van der Waals surface area contributed by atoms with E-state index in [1.807, 2.05) is 26.0 Å². The van der Waals surface area contributed by atoms with E-state index in [1.54, 1.807) is 24.3 Å². The number of aryl methyl sites for hydroxylation is 2. The minimum Gasteiger partial charge on any atom is -0.457 e. The molecule has 2 rings (SSSR count). The van der Waals surface area contributed by atoms with Crippen molar-refractivity contribution in [2.24, 2.45) is 0 Å².